The highest BCUT2D eigenvalue weighted by atomic mass is 19.1. The summed E-state index contributed by atoms with van der Waals surface area (Å²) in [5.74, 6) is 1.88. The molecule has 3 rings (SSSR count). The number of likely N-dealkylation sites (tertiary alicyclic amines) is 1. The number of nitrogens with one attached hydrogen (secondary N) is 1. The molecule has 2 amide bonds. The number of aryl methyl sites for hydroxylation is 2. The number of hydrogen-bond donors (Lipinski definition) is 1. The van der Waals surface area contributed by atoms with E-state index in [0.29, 0.717) is 24.3 Å². The Hall–Kier alpha value is -2.44. The lowest BCUT2D eigenvalue weighted by atomic mass is 10.00. The number of carbonyl (C=O) groups is 1. The summed E-state index contributed by atoms with van der Waals surface area (Å²) in [7, 11) is 1.88. The van der Waals surface area contributed by atoms with Crippen molar-refractivity contribution in [3.63, 3.8) is 0 Å². The molecule has 0 aliphatic carbocycles. The van der Waals surface area contributed by atoms with Crippen LogP contribution in [0, 0.1) is 12.7 Å². The SMILES string of the molecule is Cc1ccc(NC(=O)N2CC(c3nc(C(C)C)nn3C)C2)cc1F. The van der Waals surface area contributed by atoms with E-state index in [-0.39, 0.29) is 23.7 Å². The number of carbonyl (C=O) groups excluding carboxylic acids is 1. The van der Waals surface area contributed by atoms with Crippen molar-refractivity contribution in [1.82, 2.24) is 19.7 Å². The van der Waals surface area contributed by atoms with E-state index in [2.05, 4.69) is 29.2 Å². The average molecular weight is 331 g/mol. The van der Waals surface area contributed by atoms with E-state index >= 15 is 0 Å². The van der Waals surface area contributed by atoms with Gasteiger partial charge in [-0.2, -0.15) is 5.10 Å². The second kappa shape index (κ2) is 6.22. The lowest BCUT2D eigenvalue weighted by Gasteiger charge is -2.38. The van der Waals surface area contributed by atoms with Crippen LogP contribution in [0.15, 0.2) is 18.2 Å². The van der Waals surface area contributed by atoms with Crippen LogP contribution < -0.4 is 5.32 Å². The van der Waals surface area contributed by atoms with Gasteiger partial charge in [-0.05, 0) is 24.6 Å². The van der Waals surface area contributed by atoms with Crippen LogP contribution in [-0.2, 0) is 7.05 Å². The number of aromatic nitrogens is 3. The molecule has 0 saturated carbocycles. The average Bonchev–Trinajstić information content (AvgIpc) is 2.84. The van der Waals surface area contributed by atoms with Crippen molar-refractivity contribution in [2.45, 2.75) is 32.6 Å². The number of anilines is 1. The van der Waals surface area contributed by atoms with E-state index < -0.39 is 0 Å². The molecule has 0 unspecified atom stereocenters. The topological polar surface area (TPSA) is 63.1 Å². The Labute approximate surface area is 140 Å². The third kappa shape index (κ3) is 3.11. The van der Waals surface area contributed by atoms with Crippen molar-refractivity contribution < 1.29 is 9.18 Å². The first-order chi connectivity index (χ1) is 11.3. The Bertz CT molecular complexity index is 764. The van der Waals surface area contributed by atoms with Gasteiger partial charge in [0.05, 0.1) is 5.92 Å². The van der Waals surface area contributed by atoms with Crippen molar-refractivity contribution in [2.24, 2.45) is 7.05 Å². The first-order valence-electron chi connectivity index (χ1n) is 8.08. The number of halogens is 1. The normalized spacial score (nSPS) is 14.8. The summed E-state index contributed by atoms with van der Waals surface area (Å²) in [6.07, 6.45) is 0. The van der Waals surface area contributed by atoms with Crippen molar-refractivity contribution in [1.29, 1.82) is 0 Å². The number of hydrogen-bond acceptors (Lipinski definition) is 3. The van der Waals surface area contributed by atoms with Crippen LogP contribution >= 0.6 is 0 Å². The Balaban J connectivity index is 1.59. The van der Waals surface area contributed by atoms with Gasteiger partial charge in [0, 0.05) is 31.7 Å². The first-order valence-corrected chi connectivity index (χ1v) is 8.08. The van der Waals surface area contributed by atoms with Gasteiger partial charge in [-0.3, -0.25) is 4.68 Å². The number of amides is 2. The molecule has 1 aromatic heterocycles. The fraction of sp³-hybridized carbons (Fsp3) is 0.471. The van der Waals surface area contributed by atoms with Gasteiger partial charge in [0.2, 0.25) is 0 Å². The molecular weight excluding hydrogens is 309 g/mol. The highest BCUT2D eigenvalue weighted by Gasteiger charge is 2.35. The zero-order chi connectivity index (χ0) is 17.4. The van der Waals surface area contributed by atoms with Gasteiger partial charge in [-0.1, -0.05) is 19.9 Å². The number of nitrogens with zero attached hydrogens (tertiary/aromatic N) is 4. The van der Waals surface area contributed by atoms with E-state index in [1.165, 1.54) is 6.07 Å². The van der Waals surface area contributed by atoms with Crippen LogP contribution in [0.25, 0.3) is 0 Å². The molecule has 1 aliphatic rings. The lowest BCUT2D eigenvalue weighted by molar-refractivity contribution is 0.159. The summed E-state index contributed by atoms with van der Waals surface area (Å²) in [4.78, 5) is 18.5. The molecule has 128 valence electrons. The molecule has 24 heavy (non-hydrogen) atoms. The van der Waals surface area contributed by atoms with Gasteiger partial charge in [-0.25, -0.2) is 14.2 Å². The molecule has 1 N–H and O–H groups in total. The monoisotopic (exact) mass is 331 g/mol. The van der Waals surface area contributed by atoms with Crippen molar-refractivity contribution in [3.8, 4) is 0 Å². The third-order valence-corrected chi connectivity index (χ3v) is 4.29. The molecule has 0 atom stereocenters. The van der Waals surface area contributed by atoms with Gasteiger partial charge in [-0.15, -0.1) is 0 Å². The van der Waals surface area contributed by atoms with E-state index in [1.807, 2.05) is 7.05 Å². The molecule has 1 aromatic carbocycles. The standard InChI is InChI=1S/C17H22FN5O/c1-10(2)15-20-16(22(4)21-15)12-8-23(9-12)17(24)19-13-6-5-11(3)14(18)7-13/h5-7,10,12H,8-9H2,1-4H3,(H,19,24). The minimum atomic E-state index is -0.324. The lowest BCUT2D eigenvalue weighted by Crippen LogP contribution is -2.51. The Morgan fingerprint density at radius 2 is 2.08 bits per heavy atom. The fourth-order valence-electron chi connectivity index (χ4n) is 2.70. The number of benzene rings is 1. The quantitative estimate of drug-likeness (QED) is 0.940. The summed E-state index contributed by atoms with van der Waals surface area (Å²) in [5.41, 5.74) is 1.02. The van der Waals surface area contributed by atoms with Gasteiger partial charge in [0.1, 0.15) is 11.6 Å². The third-order valence-electron chi connectivity index (χ3n) is 4.29. The van der Waals surface area contributed by atoms with Gasteiger partial charge in [0.25, 0.3) is 0 Å². The summed E-state index contributed by atoms with van der Waals surface area (Å²) < 4.78 is 15.3. The van der Waals surface area contributed by atoms with Crippen molar-refractivity contribution in [2.75, 3.05) is 18.4 Å². The predicted octanol–water partition coefficient (Wildman–Crippen LogP) is 3.02. The van der Waals surface area contributed by atoms with Crippen LogP contribution in [0.2, 0.25) is 0 Å². The Morgan fingerprint density at radius 3 is 2.67 bits per heavy atom. The molecule has 0 radical (unpaired) electrons. The van der Waals surface area contributed by atoms with Crippen LogP contribution in [0.1, 0.15) is 42.9 Å². The van der Waals surface area contributed by atoms with Crippen molar-refractivity contribution >= 4 is 11.7 Å². The van der Waals surface area contributed by atoms with E-state index in [9.17, 15) is 9.18 Å². The zero-order valence-corrected chi connectivity index (χ0v) is 14.4. The molecule has 6 nitrogen and oxygen atoms in total. The van der Waals surface area contributed by atoms with Crippen LogP contribution in [-0.4, -0.2) is 38.8 Å². The minimum absolute atomic E-state index is 0.190. The number of urea groups is 1. The highest BCUT2D eigenvalue weighted by Crippen LogP contribution is 2.27. The van der Waals surface area contributed by atoms with E-state index in [0.717, 1.165) is 11.6 Å². The Kier molecular flexibility index (Phi) is 4.26. The second-order valence-electron chi connectivity index (χ2n) is 6.60. The van der Waals surface area contributed by atoms with Crippen molar-refractivity contribution in [3.05, 3.63) is 41.2 Å². The maximum absolute atomic E-state index is 13.5. The Morgan fingerprint density at radius 1 is 1.38 bits per heavy atom. The molecule has 0 spiro atoms. The minimum Gasteiger partial charge on any atom is -0.323 e. The van der Waals surface area contributed by atoms with Crippen LogP contribution in [0.5, 0.6) is 0 Å². The van der Waals surface area contributed by atoms with Gasteiger partial charge in [0.15, 0.2) is 5.82 Å². The summed E-state index contributed by atoms with van der Waals surface area (Å²) in [5, 5.41) is 7.14. The van der Waals surface area contributed by atoms with Crippen LogP contribution in [0.4, 0.5) is 14.9 Å². The molecule has 1 aliphatic heterocycles. The summed E-state index contributed by atoms with van der Waals surface area (Å²) >= 11 is 0. The fourth-order valence-corrected chi connectivity index (χ4v) is 2.70. The number of rotatable bonds is 3. The zero-order valence-electron chi connectivity index (χ0n) is 14.4. The second-order valence-corrected chi connectivity index (χ2v) is 6.60. The highest BCUT2D eigenvalue weighted by molar-refractivity contribution is 5.90. The summed E-state index contributed by atoms with van der Waals surface area (Å²) in [6, 6.07) is 4.46. The molecular formula is C17H22FN5O. The van der Waals surface area contributed by atoms with E-state index in [1.54, 1.807) is 28.6 Å². The largest absolute Gasteiger partial charge is 0.323 e. The maximum Gasteiger partial charge on any atom is 0.321 e. The molecule has 2 aromatic rings. The molecule has 1 fully saturated rings. The molecule has 1 saturated heterocycles. The first kappa shape index (κ1) is 16.4. The molecule has 2 heterocycles. The molecule has 0 bridgehead atoms. The summed E-state index contributed by atoms with van der Waals surface area (Å²) in [6.45, 7) is 6.97. The van der Waals surface area contributed by atoms with Gasteiger partial charge >= 0.3 is 6.03 Å². The van der Waals surface area contributed by atoms with Crippen LogP contribution in [0.3, 0.4) is 0 Å². The molecule has 7 heteroatoms. The van der Waals surface area contributed by atoms with Gasteiger partial charge < -0.3 is 10.2 Å². The van der Waals surface area contributed by atoms with E-state index in [4.69, 9.17) is 0 Å². The smallest absolute Gasteiger partial charge is 0.321 e. The maximum atomic E-state index is 13.5. The predicted molar refractivity (Wildman–Crippen MR) is 89.6 cm³/mol.